The van der Waals surface area contributed by atoms with E-state index in [2.05, 4.69) is 36.6 Å². The van der Waals surface area contributed by atoms with E-state index in [1.165, 1.54) is 16.0 Å². The van der Waals surface area contributed by atoms with Crippen LogP contribution >= 0.6 is 11.3 Å². The van der Waals surface area contributed by atoms with Crippen LogP contribution in [-0.4, -0.2) is 10.9 Å². The predicted molar refractivity (Wildman–Crippen MR) is 105 cm³/mol. The second-order valence-electron chi connectivity index (χ2n) is 8.47. The molecule has 0 bridgehead atoms. The molecule has 0 aliphatic heterocycles. The summed E-state index contributed by atoms with van der Waals surface area (Å²) in [6, 6.07) is 10.1. The lowest BCUT2D eigenvalue weighted by atomic mass is 9.55. The largest absolute Gasteiger partial charge is 0.508 e. The van der Waals surface area contributed by atoms with E-state index < -0.39 is 0 Å². The Morgan fingerprint density at radius 3 is 2.96 bits per heavy atom. The number of aromatic hydroxyl groups is 1. The Kier molecular flexibility index (Phi) is 3.65. The van der Waals surface area contributed by atoms with E-state index in [9.17, 15) is 9.90 Å². The van der Waals surface area contributed by atoms with E-state index in [0.29, 0.717) is 29.3 Å². The quantitative estimate of drug-likeness (QED) is 0.672. The van der Waals surface area contributed by atoms with Crippen molar-refractivity contribution in [3.8, 4) is 5.75 Å². The molecule has 3 heteroatoms. The Balaban J connectivity index is 1.51. The third-order valence-electron chi connectivity index (χ3n) is 7.21. The van der Waals surface area contributed by atoms with Gasteiger partial charge in [0.1, 0.15) is 5.75 Å². The first-order valence-corrected chi connectivity index (χ1v) is 10.5. The standard InChI is InChI=1S/C23H24O2S/c1-23-9-8-19-18-7-5-16(24)11-14(18)4-6-20(19)21(23)13-15(22(23)25)12-17-3-2-10-26-17/h2-3,5,7,10-12,19-21,24H,4,6,8-9,13H2,1H3/b15-12+/t19-,20-,21+,23+/m1/s1. The van der Waals surface area contributed by atoms with Crippen molar-refractivity contribution < 1.29 is 9.90 Å². The molecule has 2 aromatic rings. The number of hydrogen-bond donors (Lipinski definition) is 1. The first kappa shape index (κ1) is 16.3. The number of ketones is 1. The smallest absolute Gasteiger partial charge is 0.165 e. The maximum Gasteiger partial charge on any atom is 0.165 e. The zero-order valence-electron chi connectivity index (χ0n) is 15.1. The van der Waals surface area contributed by atoms with E-state index in [1.807, 2.05) is 12.1 Å². The molecule has 1 aromatic carbocycles. The Hall–Kier alpha value is -1.87. The van der Waals surface area contributed by atoms with Gasteiger partial charge < -0.3 is 5.11 Å². The lowest BCUT2D eigenvalue weighted by Gasteiger charge is -2.48. The summed E-state index contributed by atoms with van der Waals surface area (Å²) in [5, 5.41) is 11.9. The molecule has 0 radical (unpaired) electrons. The molecule has 0 unspecified atom stereocenters. The molecule has 3 aliphatic rings. The van der Waals surface area contributed by atoms with E-state index in [-0.39, 0.29) is 5.41 Å². The van der Waals surface area contributed by atoms with Gasteiger partial charge in [0.05, 0.1) is 0 Å². The normalized spacial score (nSPS) is 34.4. The summed E-state index contributed by atoms with van der Waals surface area (Å²) >= 11 is 1.71. The van der Waals surface area contributed by atoms with Crippen LogP contribution in [0.1, 0.15) is 54.5 Å². The van der Waals surface area contributed by atoms with Gasteiger partial charge in [0, 0.05) is 10.3 Å². The average molecular weight is 365 g/mol. The fourth-order valence-corrected chi connectivity index (χ4v) is 6.60. The number of phenolic OH excluding ortho intramolecular Hbond substituents is 1. The first-order chi connectivity index (χ1) is 12.6. The van der Waals surface area contributed by atoms with Crippen LogP contribution in [0.3, 0.4) is 0 Å². The molecule has 3 aliphatic carbocycles. The van der Waals surface area contributed by atoms with E-state index in [4.69, 9.17) is 0 Å². The average Bonchev–Trinajstić information content (AvgIpc) is 3.23. The molecular formula is C23H24O2S. The number of allylic oxidation sites excluding steroid dienone is 1. The molecule has 2 fully saturated rings. The summed E-state index contributed by atoms with van der Waals surface area (Å²) in [7, 11) is 0. The number of carbonyl (C=O) groups is 1. The van der Waals surface area contributed by atoms with Crippen molar-refractivity contribution in [2.24, 2.45) is 17.3 Å². The summed E-state index contributed by atoms with van der Waals surface area (Å²) in [6.45, 7) is 2.22. The van der Waals surface area contributed by atoms with Gasteiger partial charge in [-0.2, -0.15) is 0 Å². The molecule has 1 aromatic heterocycles. The van der Waals surface area contributed by atoms with Crippen LogP contribution in [0.15, 0.2) is 41.3 Å². The number of aryl methyl sites for hydroxylation is 1. The maximum absolute atomic E-state index is 13.3. The van der Waals surface area contributed by atoms with Crippen LogP contribution in [0.4, 0.5) is 0 Å². The minimum atomic E-state index is -0.182. The van der Waals surface area contributed by atoms with Crippen LogP contribution < -0.4 is 0 Å². The lowest BCUT2D eigenvalue weighted by molar-refractivity contribution is -0.127. The van der Waals surface area contributed by atoms with Gasteiger partial charge in [-0.15, -0.1) is 11.3 Å². The zero-order valence-corrected chi connectivity index (χ0v) is 15.9. The van der Waals surface area contributed by atoms with Crippen molar-refractivity contribution in [2.75, 3.05) is 0 Å². The van der Waals surface area contributed by atoms with Crippen molar-refractivity contribution in [1.29, 1.82) is 0 Å². The fourth-order valence-electron chi connectivity index (χ4n) is 5.91. The molecule has 134 valence electrons. The Bertz CT molecular complexity index is 895. The highest BCUT2D eigenvalue weighted by Gasteiger charge is 2.56. The Labute approximate surface area is 158 Å². The maximum atomic E-state index is 13.3. The predicted octanol–water partition coefficient (Wildman–Crippen LogP) is 5.57. The monoisotopic (exact) mass is 364 g/mol. The highest BCUT2D eigenvalue weighted by atomic mass is 32.1. The number of thiophene rings is 1. The number of carbonyl (C=O) groups excluding carboxylic acids is 1. The lowest BCUT2D eigenvalue weighted by Crippen LogP contribution is -2.42. The highest BCUT2D eigenvalue weighted by Crippen LogP contribution is 2.60. The number of rotatable bonds is 1. The van der Waals surface area contributed by atoms with Crippen molar-refractivity contribution in [2.45, 2.75) is 44.9 Å². The van der Waals surface area contributed by atoms with Gasteiger partial charge in [0.2, 0.25) is 0 Å². The van der Waals surface area contributed by atoms with Crippen molar-refractivity contribution >= 4 is 23.2 Å². The van der Waals surface area contributed by atoms with Crippen LogP contribution in [-0.2, 0) is 11.2 Å². The molecule has 0 saturated heterocycles. The van der Waals surface area contributed by atoms with Crippen LogP contribution in [0, 0.1) is 17.3 Å². The van der Waals surface area contributed by atoms with E-state index in [1.54, 1.807) is 11.3 Å². The van der Waals surface area contributed by atoms with Gasteiger partial charge in [-0.1, -0.05) is 19.1 Å². The molecule has 2 saturated carbocycles. The van der Waals surface area contributed by atoms with Gasteiger partial charge in [-0.05, 0) is 96.2 Å². The molecule has 2 nitrogen and oxygen atoms in total. The van der Waals surface area contributed by atoms with E-state index in [0.717, 1.165) is 37.7 Å². The Morgan fingerprint density at radius 1 is 1.27 bits per heavy atom. The van der Waals surface area contributed by atoms with E-state index >= 15 is 0 Å². The van der Waals surface area contributed by atoms with Gasteiger partial charge in [0.15, 0.2) is 5.78 Å². The van der Waals surface area contributed by atoms with Crippen LogP contribution in [0.25, 0.3) is 6.08 Å². The Morgan fingerprint density at radius 2 is 2.15 bits per heavy atom. The molecule has 0 spiro atoms. The number of hydrogen-bond acceptors (Lipinski definition) is 3. The molecule has 1 N–H and O–H groups in total. The minimum Gasteiger partial charge on any atom is -0.508 e. The molecule has 1 heterocycles. The number of phenols is 1. The number of benzene rings is 1. The van der Waals surface area contributed by atoms with Crippen LogP contribution in [0.5, 0.6) is 5.75 Å². The zero-order chi connectivity index (χ0) is 17.9. The van der Waals surface area contributed by atoms with Gasteiger partial charge in [-0.25, -0.2) is 0 Å². The molecule has 4 atom stereocenters. The summed E-state index contributed by atoms with van der Waals surface area (Å²) in [5.41, 5.74) is 3.59. The summed E-state index contributed by atoms with van der Waals surface area (Å²) in [5.74, 6) is 2.36. The van der Waals surface area contributed by atoms with Crippen molar-refractivity contribution in [3.63, 3.8) is 0 Å². The molecule has 26 heavy (non-hydrogen) atoms. The molecule has 5 rings (SSSR count). The third-order valence-corrected chi connectivity index (χ3v) is 8.03. The fraction of sp³-hybridized carbons (Fsp3) is 0.435. The SMILES string of the molecule is C[C@]12CC[C@@H]3c4ccc(O)cc4CC[C@H]3[C@@H]1C/C(=C\c1cccs1)C2=O. The topological polar surface area (TPSA) is 37.3 Å². The second-order valence-corrected chi connectivity index (χ2v) is 9.45. The number of fused-ring (bicyclic) bond motifs is 5. The summed E-state index contributed by atoms with van der Waals surface area (Å²) < 4.78 is 0. The second kappa shape index (κ2) is 5.82. The first-order valence-electron chi connectivity index (χ1n) is 9.67. The van der Waals surface area contributed by atoms with Gasteiger partial charge in [0.25, 0.3) is 0 Å². The van der Waals surface area contributed by atoms with Gasteiger partial charge in [-0.3, -0.25) is 4.79 Å². The number of Topliss-reactive ketones (excluding diaryl/α,β-unsaturated/α-hetero) is 1. The minimum absolute atomic E-state index is 0.182. The van der Waals surface area contributed by atoms with Crippen LogP contribution in [0.2, 0.25) is 0 Å². The summed E-state index contributed by atoms with van der Waals surface area (Å²) in [4.78, 5) is 14.4. The molecular weight excluding hydrogens is 340 g/mol. The summed E-state index contributed by atoms with van der Waals surface area (Å²) in [6.07, 6.45) is 7.31. The highest BCUT2D eigenvalue weighted by molar-refractivity contribution is 7.10. The van der Waals surface area contributed by atoms with Crippen molar-refractivity contribution in [3.05, 3.63) is 57.3 Å². The third kappa shape index (κ3) is 2.33. The van der Waals surface area contributed by atoms with Crippen molar-refractivity contribution in [1.82, 2.24) is 0 Å². The van der Waals surface area contributed by atoms with Gasteiger partial charge >= 0.3 is 0 Å². The molecule has 0 amide bonds.